The van der Waals surface area contributed by atoms with Crippen LogP contribution in [0.3, 0.4) is 0 Å². The van der Waals surface area contributed by atoms with E-state index in [2.05, 4.69) is 10.6 Å². The van der Waals surface area contributed by atoms with E-state index in [1.54, 1.807) is 6.92 Å². The molecule has 2 N–H and O–H groups in total. The van der Waals surface area contributed by atoms with Gasteiger partial charge in [-0.2, -0.15) is 5.26 Å². The first kappa shape index (κ1) is 10.5. The molecular formula is C9H13N3O2. The second-order valence-corrected chi connectivity index (χ2v) is 3.48. The molecule has 1 aliphatic heterocycles. The van der Waals surface area contributed by atoms with Gasteiger partial charge in [-0.05, 0) is 6.92 Å². The van der Waals surface area contributed by atoms with Gasteiger partial charge in [0.1, 0.15) is 0 Å². The molecule has 1 rings (SSSR count). The van der Waals surface area contributed by atoms with E-state index in [0.717, 1.165) is 0 Å². The summed E-state index contributed by atoms with van der Waals surface area (Å²) < 4.78 is 0. The molecule has 2 amide bonds. The molecule has 0 saturated carbocycles. The van der Waals surface area contributed by atoms with Crippen molar-refractivity contribution in [2.75, 3.05) is 13.1 Å². The maximum Gasteiger partial charge on any atom is 0.225 e. The van der Waals surface area contributed by atoms with E-state index in [4.69, 9.17) is 5.26 Å². The molecule has 1 fully saturated rings. The van der Waals surface area contributed by atoms with Crippen molar-refractivity contribution in [3.05, 3.63) is 0 Å². The summed E-state index contributed by atoms with van der Waals surface area (Å²) in [6, 6.07) is 2.02. The quantitative estimate of drug-likeness (QED) is 0.630. The molecule has 0 bridgehead atoms. The van der Waals surface area contributed by atoms with Crippen molar-refractivity contribution >= 4 is 11.8 Å². The van der Waals surface area contributed by atoms with E-state index in [0.29, 0.717) is 13.1 Å². The third kappa shape index (κ3) is 2.73. The van der Waals surface area contributed by atoms with Crippen LogP contribution in [0.2, 0.25) is 0 Å². The number of amides is 2. The van der Waals surface area contributed by atoms with E-state index in [9.17, 15) is 9.59 Å². The number of carbonyl (C=O) groups is 2. The SMILES string of the molecule is CC(C#N)CNC(=O)C1CNC(=O)C1. The maximum absolute atomic E-state index is 11.4. The minimum Gasteiger partial charge on any atom is -0.355 e. The molecule has 0 aromatic rings. The Kier molecular flexibility index (Phi) is 3.46. The summed E-state index contributed by atoms with van der Waals surface area (Å²) in [5.74, 6) is -0.693. The van der Waals surface area contributed by atoms with Crippen LogP contribution in [0.25, 0.3) is 0 Å². The zero-order chi connectivity index (χ0) is 10.6. The highest BCUT2D eigenvalue weighted by Crippen LogP contribution is 2.08. The number of nitriles is 1. The molecule has 1 heterocycles. The van der Waals surface area contributed by atoms with Crippen molar-refractivity contribution < 1.29 is 9.59 Å². The predicted octanol–water partition coefficient (Wildman–Crippen LogP) is -0.602. The highest BCUT2D eigenvalue weighted by Gasteiger charge is 2.27. The Morgan fingerprint density at radius 1 is 1.86 bits per heavy atom. The Balaban J connectivity index is 2.29. The zero-order valence-electron chi connectivity index (χ0n) is 8.04. The van der Waals surface area contributed by atoms with Crippen LogP contribution in [0.4, 0.5) is 0 Å². The molecule has 0 radical (unpaired) electrons. The fourth-order valence-electron chi connectivity index (χ4n) is 1.23. The molecule has 0 aliphatic carbocycles. The van der Waals surface area contributed by atoms with E-state index < -0.39 is 0 Å². The first-order valence-electron chi connectivity index (χ1n) is 4.57. The van der Waals surface area contributed by atoms with Gasteiger partial charge in [-0.25, -0.2) is 0 Å². The second-order valence-electron chi connectivity index (χ2n) is 3.48. The fraction of sp³-hybridized carbons (Fsp3) is 0.667. The standard InChI is InChI=1S/C9H13N3O2/c1-6(3-10)4-12-9(14)7-2-8(13)11-5-7/h6-7H,2,4-5H2,1H3,(H,11,13)(H,12,14). The third-order valence-corrected chi connectivity index (χ3v) is 2.15. The number of nitrogens with zero attached hydrogens (tertiary/aromatic N) is 1. The van der Waals surface area contributed by atoms with Gasteiger partial charge < -0.3 is 10.6 Å². The molecule has 0 aromatic carbocycles. The Morgan fingerprint density at radius 2 is 2.57 bits per heavy atom. The lowest BCUT2D eigenvalue weighted by atomic mass is 10.1. The number of rotatable bonds is 3. The van der Waals surface area contributed by atoms with Crippen LogP contribution < -0.4 is 10.6 Å². The van der Waals surface area contributed by atoms with Crippen LogP contribution in [0, 0.1) is 23.2 Å². The molecule has 76 valence electrons. The van der Waals surface area contributed by atoms with Gasteiger partial charge in [0.15, 0.2) is 0 Å². The summed E-state index contributed by atoms with van der Waals surface area (Å²) in [5, 5.41) is 13.7. The van der Waals surface area contributed by atoms with Crippen molar-refractivity contribution in [1.29, 1.82) is 5.26 Å². The summed E-state index contributed by atoms with van der Waals surface area (Å²) in [7, 11) is 0. The molecule has 2 atom stereocenters. The van der Waals surface area contributed by atoms with Crippen LogP contribution in [0.15, 0.2) is 0 Å². The third-order valence-electron chi connectivity index (χ3n) is 2.15. The monoisotopic (exact) mass is 195 g/mol. The summed E-state index contributed by atoms with van der Waals surface area (Å²) in [6.07, 6.45) is 0.257. The van der Waals surface area contributed by atoms with E-state index in [-0.39, 0.29) is 30.1 Å². The molecule has 1 saturated heterocycles. The van der Waals surface area contributed by atoms with E-state index in [1.165, 1.54) is 0 Å². The number of carbonyl (C=O) groups excluding carboxylic acids is 2. The first-order valence-corrected chi connectivity index (χ1v) is 4.57. The van der Waals surface area contributed by atoms with Gasteiger partial charge in [0.25, 0.3) is 0 Å². The smallest absolute Gasteiger partial charge is 0.225 e. The van der Waals surface area contributed by atoms with Crippen molar-refractivity contribution in [3.63, 3.8) is 0 Å². The van der Waals surface area contributed by atoms with Crippen LogP contribution in [0.1, 0.15) is 13.3 Å². The van der Waals surface area contributed by atoms with Crippen LogP contribution >= 0.6 is 0 Å². The molecule has 14 heavy (non-hydrogen) atoms. The lowest BCUT2D eigenvalue weighted by molar-refractivity contribution is -0.126. The lowest BCUT2D eigenvalue weighted by Crippen LogP contribution is -2.34. The van der Waals surface area contributed by atoms with Gasteiger partial charge in [-0.3, -0.25) is 9.59 Å². The normalized spacial score (nSPS) is 22.3. The van der Waals surface area contributed by atoms with Crippen LogP contribution in [-0.4, -0.2) is 24.9 Å². The van der Waals surface area contributed by atoms with Gasteiger partial charge in [-0.15, -0.1) is 0 Å². The first-order chi connectivity index (χ1) is 6.63. The van der Waals surface area contributed by atoms with Gasteiger partial charge in [0, 0.05) is 19.5 Å². The molecule has 2 unspecified atom stereocenters. The zero-order valence-corrected chi connectivity index (χ0v) is 8.04. The molecular weight excluding hydrogens is 182 g/mol. The number of nitrogens with one attached hydrogen (secondary N) is 2. The summed E-state index contributed by atoms with van der Waals surface area (Å²) in [5.41, 5.74) is 0. The Bertz CT molecular complexity index is 282. The number of hydrogen-bond acceptors (Lipinski definition) is 3. The van der Waals surface area contributed by atoms with Gasteiger partial charge in [-0.1, -0.05) is 0 Å². The second kappa shape index (κ2) is 4.61. The van der Waals surface area contributed by atoms with E-state index >= 15 is 0 Å². The summed E-state index contributed by atoms with van der Waals surface area (Å²) in [6.45, 7) is 2.49. The maximum atomic E-state index is 11.4. The Morgan fingerprint density at radius 3 is 3.07 bits per heavy atom. The molecule has 0 aromatic heterocycles. The summed E-state index contributed by atoms with van der Waals surface area (Å²) in [4.78, 5) is 22.2. The molecule has 0 spiro atoms. The summed E-state index contributed by atoms with van der Waals surface area (Å²) >= 11 is 0. The highest BCUT2D eigenvalue weighted by atomic mass is 16.2. The van der Waals surface area contributed by atoms with Gasteiger partial charge in [0.2, 0.25) is 11.8 Å². The Labute approximate surface area is 82.5 Å². The topological polar surface area (TPSA) is 82.0 Å². The molecule has 5 nitrogen and oxygen atoms in total. The molecule has 5 heteroatoms. The van der Waals surface area contributed by atoms with Gasteiger partial charge >= 0.3 is 0 Å². The number of hydrogen-bond donors (Lipinski definition) is 2. The van der Waals surface area contributed by atoms with Crippen molar-refractivity contribution in [2.45, 2.75) is 13.3 Å². The van der Waals surface area contributed by atoms with Crippen molar-refractivity contribution in [1.82, 2.24) is 10.6 Å². The van der Waals surface area contributed by atoms with Crippen LogP contribution in [0.5, 0.6) is 0 Å². The van der Waals surface area contributed by atoms with E-state index in [1.807, 2.05) is 6.07 Å². The van der Waals surface area contributed by atoms with Crippen LogP contribution in [-0.2, 0) is 9.59 Å². The molecule has 1 aliphatic rings. The largest absolute Gasteiger partial charge is 0.355 e. The van der Waals surface area contributed by atoms with Gasteiger partial charge in [0.05, 0.1) is 17.9 Å². The Hall–Kier alpha value is -1.57. The lowest BCUT2D eigenvalue weighted by Gasteiger charge is -2.09. The average molecular weight is 195 g/mol. The fourth-order valence-corrected chi connectivity index (χ4v) is 1.23. The van der Waals surface area contributed by atoms with Crippen molar-refractivity contribution in [3.8, 4) is 6.07 Å². The minimum atomic E-state index is -0.270. The minimum absolute atomic E-state index is 0.0847. The average Bonchev–Trinajstić information content (AvgIpc) is 2.60. The van der Waals surface area contributed by atoms with Crippen molar-refractivity contribution in [2.24, 2.45) is 11.8 Å². The highest BCUT2D eigenvalue weighted by molar-refractivity contribution is 5.89. The predicted molar refractivity (Wildman–Crippen MR) is 48.9 cm³/mol.